The molecule has 0 bridgehead atoms. The molecule has 1 amide bonds. The third-order valence-electron chi connectivity index (χ3n) is 5.26. The van der Waals surface area contributed by atoms with Gasteiger partial charge in [0.15, 0.2) is 0 Å². The molecule has 1 heterocycles. The summed E-state index contributed by atoms with van der Waals surface area (Å²) in [5, 5.41) is 7.27. The van der Waals surface area contributed by atoms with E-state index in [0.717, 1.165) is 23.4 Å². The summed E-state index contributed by atoms with van der Waals surface area (Å²) in [6.07, 6.45) is 2.74. The number of H-pyrrole nitrogens is 1. The van der Waals surface area contributed by atoms with Crippen molar-refractivity contribution in [2.75, 3.05) is 26.1 Å². The number of aromatic amines is 1. The second-order valence-corrected chi connectivity index (χ2v) is 7.38. The molecule has 0 saturated carbocycles. The Balaban J connectivity index is 1.50. The van der Waals surface area contributed by atoms with Gasteiger partial charge in [0.25, 0.3) is 5.91 Å². The van der Waals surface area contributed by atoms with Gasteiger partial charge >= 0.3 is 0 Å². The summed E-state index contributed by atoms with van der Waals surface area (Å²) in [7, 11) is 3.21. The number of para-hydroxylation sites is 1. The molecule has 0 atom stereocenters. The molecule has 3 N–H and O–H groups in total. The molecular weight excluding hydrogens is 416 g/mol. The van der Waals surface area contributed by atoms with Gasteiger partial charge in [-0.15, -0.1) is 0 Å². The monoisotopic (exact) mass is 442 g/mol. The molecule has 4 rings (SSSR count). The summed E-state index contributed by atoms with van der Waals surface area (Å²) in [4.78, 5) is 20.7. The van der Waals surface area contributed by atoms with E-state index in [2.05, 4.69) is 26.7 Å². The van der Waals surface area contributed by atoms with Gasteiger partial charge in [-0.2, -0.15) is 0 Å². The number of ether oxygens (including phenoxy) is 2. The van der Waals surface area contributed by atoms with E-state index in [4.69, 9.17) is 9.47 Å². The number of nitrogens with zero attached hydrogens (tertiary/aromatic N) is 1. The largest absolute Gasteiger partial charge is 0.497 e. The van der Waals surface area contributed by atoms with E-state index in [1.165, 1.54) is 10.9 Å². The summed E-state index contributed by atoms with van der Waals surface area (Å²) in [6.45, 7) is 0.503. The summed E-state index contributed by atoms with van der Waals surface area (Å²) < 4.78 is 10.4. The van der Waals surface area contributed by atoms with Crippen LogP contribution in [0.5, 0.6) is 11.5 Å². The molecule has 3 aromatic carbocycles. The Morgan fingerprint density at radius 3 is 2.27 bits per heavy atom. The van der Waals surface area contributed by atoms with Crippen molar-refractivity contribution >= 4 is 28.5 Å². The van der Waals surface area contributed by atoms with Crippen molar-refractivity contribution in [3.8, 4) is 11.5 Å². The number of methoxy groups -OCH3 is 2. The average Bonchev–Trinajstić information content (AvgIpc) is 3.27. The van der Waals surface area contributed by atoms with Gasteiger partial charge in [-0.05, 0) is 66.6 Å². The molecule has 1 aromatic heterocycles. The second kappa shape index (κ2) is 10.4. The zero-order valence-corrected chi connectivity index (χ0v) is 18.6. The van der Waals surface area contributed by atoms with Crippen LogP contribution in [0.1, 0.15) is 15.9 Å². The minimum atomic E-state index is -0.260. The summed E-state index contributed by atoms with van der Waals surface area (Å²) >= 11 is 0. The smallest absolute Gasteiger partial charge is 0.257 e. The quantitative estimate of drug-likeness (QED) is 0.288. The summed E-state index contributed by atoms with van der Waals surface area (Å²) in [6, 6.07) is 22.5. The lowest BCUT2D eigenvalue weighted by Gasteiger charge is -2.12. The number of nitrogens with one attached hydrogen (secondary N) is 3. The first-order valence-electron chi connectivity index (χ1n) is 10.6. The van der Waals surface area contributed by atoms with E-state index in [-0.39, 0.29) is 5.91 Å². The van der Waals surface area contributed by atoms with E-state index >= 15 is 0 Å². The fourth-order valence-electron chi connectivity index (χ4n) is 3.47. The van der Waals surface area contributed by atoms with E-state index in [9.17, 15) is 4.79 Å². The Bertz CT molecular complexity index is 1240. The fraction of sp³-hybridized carbons (Fsp3) is 0.154. The number of benzene rings is 3. The number of anilines is 1. The minimum absolute atomic E-state index is 0.260. The van der Waals surface area contributed by atoms with Crippen molar-refractivity contribution < 1.29 is 14.3 Å². The third-order valence-corrected chi connectivity index (χ3v) is 5.26. The van der Waals surface area contributed by atoms with Crippen LogP contribution in [0.4, 0.5) is 5.69 Å². The Labute approximate surface area is 192 Å². The van der Waals surface area contributed by atoms with E-state index in [0.29, 0.717) is 23.8 Å². The van der Waals surface area contributed by atoms with Gasteiger partial charge < -0.3 is 19.8 Å². The Kier molecular flexibility index (Phi) is 6.90. The number of hydrogen-bond donors (Lipinski definition) is 3. The Hall–Kier alpha value is -4.26. The molecule has 7 heteroatoms. The number of aromatic nitrogens is 1. The third kappa shape index (κ3) is 5.51. The fourth-order valence-corrected chi connectivity index (χ4v) is 3.47. The van der Waals surface area contributed by atoms with E-state index in [1.54, 1.807) is 38.5 Å². The highest BCUT2D eigenvalue weighted by molar-refractivity contribution is 6.10. The maximum absolute atomic E-state index is 12.8. The van der Waals surface area contributed by atoms with E-state index < -0.39 is 0 Å². The van der Waals surface area contributed by atoms with Crippen LogP contribution in [0.15, 0.2) is 84.0 Å². The molecule has 0 aliphatic rings. The number of rotatable bonds is 7. The van der Waals surface area contributed by atoms with Gasteiger partial charge in [-0.3, -0.25) is 15.1 Å². The maximum Gasteiger partial charge on any atom is 0.257 e. The molecule has 7 nitrogen and oxygen atoms in total. The van der Waals surface area contributed by atoms with Crippen LogP contribution >= 0.6 is 0 Å². The average molecular weight is 443 g/mol. The van der Waals surface area contributed by atoms with Crippen molar-refractivity contribution in [2.45, 2.75) is 6.42 Å². The molecule has 4 aromatic rings. The first-order chi connectivity index (χ1) is 16.2. The first kappa shape index (κ1) is 22.0. The number of hydrogen-bond acceptors (Lipinski definition) is 4. The second-order valence-electron chi connectivity index (χ2n) is 7.38. The van der Waals surface area contributed by atoms with Crippen molar-refractivity contribution in [3.05, 3.63) is 90.1 Å². The van der Waals surface area contributed by atoms with Crippen molar-refractivity contribution in [1.29, 1.82) is 0 Å². The molecule has 0 unspecified atom stereocenters. The van der Waals surface area contributed by atoms with Crippen LogP contribution in [0.25, 0.3) is 10.9 Å². The van der Waals surface area contributed by atoms with Crippen molar-refractivity contribution in [3.63, 3.8) is 0 Å². The highest BCUT2D eigenvalue weighted by atomic mass is 16.5. The predicted octanol–water partition coefficient (Wildman–Crippen LogP) is 4.63. The van der Waals surface area contributed by atoms with Gasteiger partial charge in [-0.25, -0.2) is 0 Å². The zero-order valence-electron chi connectivity index (χ0n) is 18.6. The normalized spacial score (nSPS) is 11.3. The molecule has 0 radical (unpaired) electrons. The molecule has 0 saturated heterocycles. The maximum atomic E-state index is 12.8. The topological polar surface area (TPSA) is 87.7 Å². The molecule has 0 fully saturated rings. The molecular formula is C26H26N4O3. The first-order valence-corrected chi connectivity index (χ1v) is 10.6. The lowest BCUT2D eigenvalue weighted by molar-refractivity contribution is 0.0977. The number of carbonyl (C=O) groups excluding carboxylic acids is 1. The number of amides is 1. The molecule has 0 spiro atoms. The van der Waals surface area contributed by atoms with E-state index in [1.807, 2.05) is 48.7 Å². The van der Waals surface area contributed by atoms with Crippen molar-refractivity contribution in [1.82, 2.24) is 10.3 Å². The number of aliphatic imine (C=N–C) groups is 1. The highest BCUT2D eigenvalue weighted by Gasteiger charge is 2.10. The van der Waals surface area contributed by atoms with Gasteiger partial charge in [-0.1, -0.05) is 18.2 Å². The predicted molar refractivity (Wildman–Crippen MR) is 131 cm³/mol. The molecule has 0 aliphatic heterocycles. The summed E-state index contributed by atoms with van der Waals surface area (Å²) in [5.74, 6) is 1.56. The summed E-state index contributed by atoms with van der Waals surface area (Å²) in [5.41, 5.74) is 3.58. The Morgan fingerprint density at radius 2 is 1.58 bits per heavy atom. The lowest BCUT2D eigenvalue weighted by atomic mass is 10.1. The van der Waals surface area contributed by atoms with Crippen LogP contribution in [-0.2, 0) is 6.42 Å². The lowest BCUT2D eigenvalue weighted by Crippen LogP contribution is -2.36. The SMILES string of the molecule is COc1ccc(NC(=NCCc2c[nH]c3ccccc23)NC(=O)c2ccc(OC)cc2)cc1. The molecule has 0 aliphatic carbocycles. The van der Waals surface area contributed by atoms with Crippen LogP contribution in [0.3, 0.4) is 0 Å². The van der Waals surface area contributed by atoms with Crippen LogP contribution in [0, 0.1) is 0 Å². The number of carbonyl (C=O) groups is 1. The standard InChI is InChI=1S/C26H26N4O3/c1-32-21-11-7-18(8-12-21)25(31)30-26(29-20-9-13-22(33-2)14-10-20)27-16-15-19-17-28-24-6-4-3-5-23(19)24/h3-14,17,28H,15-16H2,1-2H3,(H2,27,29,30,31). The van der Waals surface area contributed by atoms with Gasteiger partial charge in [0.05, 0.1) is 14.2 Å². The molecule has 33 heavy (non-hydrogen) atoms. The van der Waals surface area contributed by atoms with Crippen LogP contribution < -0.4 is 20.1 Å². The van der Waals surface area contributed by atoms with Crippen LogP contribution in [0.2, 0.25) is 0 Å². The van der Waals surface area contributed by atoms with Crippen molar-refractivity contribution in [2.24, 2.45) is 4.99 Å². The molecule has 168 valence electrons. The number of guanidine groups is 1. The number of fused-ring (bicyclic) bond motifs is 1. The van der Waals surface area contributed by atoms with Crippen LogP contribution in [-0.4, -0.2) is 37.6 Å². The highest BCUT2D eigenvalue weighted by Crippen LogP contribution is 2.18. The van der Waals surface area contributed by atoms with Gasteiger partial charge in [0.1, 0.15) is 11.5 Å². The van der Waals surface area contributed by atoms with Gasteiger partial charge in [0.2, 0.25) is 5.96 Å². The van der Waals surface area contributed by atoms with Gasteiger partial charge in [0, 0.05) is 34.9 Å². The zero-order chi connectivity index (χ0) is 23.0. The minimum Gasteiger partial charge on any atom is -0.497 e. The Morgan fingerprint density at radius 1 is 0.909 bits per heavy atom.